The number of rotatable bonds is 5. The normalized spacial score (nSPS) is 11.1. The molecule has 110 valence electrons. The lowest BCUT2D eigenvalue weighted by atomic mass is 10.2. The minimum atomic E-state index is -3.43. The fraction of sp³-hybridized carbons (Fsp3) is 0.188. The molecule has 0 aliphatic heterocycles. The Labute approximate surface area is 124 Å². The van der Waals surface area contributed by atoms with Gasteiger partial charge in [-0.15, -0.1) is 0 Å². The number of carbonyl (C=O) groups excluding carboxylic acids is 1. The average molecular weight is 304 g/mol. The highest BCUT2D eigenvalue weighted by molar-refractivity contribution is 7.91. The molecule has 2 aromatic rings. The minimum Gasteiger partial charge on any atom is -0.461 e. The fourth-order valence-corrected chi connectivity index (χ4v) is 2.85. The van der Waals surface area contributed by atoms with E-state index in [2.05, 4.69) is 0 Å². The van der Waals surface area contributed by atoms with Crippen LogP contribution in [-0.4, -0.2) is 26.7 Å². The van der Waals surface area contributed by atoms with Gasteiger partial charge < -0.3 is 4.74 Å². The molecule has 2 rings (SSSR count). The number of esters is 1. The van der Waals surface area contributed by atoms with Crippen molar-refractivity contribution in [3.8, 4) is 0 Å². The maximum absolute atomic E-state index is 12.1. The molecule has 0 saturated carbocycles. The Kier molecular flexibility index (Phi) is 4.75. The molecule has 0 spiro atoms. The topological polar surface area (TPSA) is 60.4 Å². The number of carbonyl (C=O) groups is 1. The Hall–Kier alpha value is -2.14. The van der Waals surface area contributed by atoms with Crippen molar-refractivity contribution >= 4 is 15.8 Å². The van der Waals surface area contributed by atoms with Crippen LogP contribution in [0.15, 0.2) is 59.5 Å². The lowest BCUT2D eigenvalue weighted by molar-refractivity contribution is 0.0529. The van der Waals surface area contributed by atoms with Gasteiger partial charge in [0.1, 0.15) is 6.61 Å². The van der Waals surface area contributed by atoms with Gasteiger partial charge in [0.05, 0.1) is 16.2 Å². The Balaban J connectivity index is 1.94. The molecule has 4 nitrogen and oxygen atoms in total. The zero-order valence-corrected chi connectivity index (χ0v) is 12.5. The highest BCUT2D eigenvalue weighted by Crippen LogP contribution is 2.12. The van der Waals surface area contributed by atoms with Crippen molar-refractivity contribution in [1.82, 2.24) is 0 Å². The van der Waals surface area contributed by atoms with Gasteiger partial charge in [0.2, 0.25) is 0 Å². The predicted octanol–water partition coefficient (Wildman–Crippen LogP) is 2.63. The zero-order valence-electron chi connectivity index (χ0n) is 11.7. The summed E-state index contributed by atoms with van der Waals surface area (Å²) in [7, 11) is -3.43. The molecule has 5 heteroatoms. The molecule has 0 aliphatic carbocycles. The van der Waals surface area contributed by atoms with E-state index in [0.29, 0.717) is 5.56 Å². The maximum atomic E-state index is 12.1. The number of sulfone groups is 1. The fourth-order valence-electron chi connectivity index (χ4n) is 1.77. The van der Waals surface area contributed by atoms with Gasteiger partial charge in [0.25, 0.3) is 0 Å². The van der Waals surface area contributed by atoms with E-state index in [1.807, 2.05) is 6.92 Å². The van der Waals surface area contributed by atoms with Crippen LogP contribution in [0.25, 0.3) is 0 Å². The van der Waals surface area contributed by atoms with Gasteiger partial charge in [0, 0.05) is 0 Å². The highest BCUT2D eigenvalue weighted by atomic mass is 32.2. The third kappa shape index (κ3) is 4.16. The maximum Gasteiger partial charge on any atom is 0.338 e. The smallest absolute Gasteiger partial charge is 0.338 e. The second kappa shape index (κ2) is 6.54. The van der Waals surface area contributed by atoms with Crippen molar-refractivity contribution in [3.63, 3.8) is 0 Å². The SMILES string of the molecule is Cc1ccc(S(=O)(=O)CCOC(=O)c2ccccc2)cc1. The molecule has 0 aromatic heterocycles. The predicted molar refractivity (Wildman–Crippen MR) is 80.0 cm³/mol. The molecule has 0 N–H and O–H groups in total. The molecular formula is C16H16O4S. The number of benzene rings is 2. The molecule has 21 heavy (non-hydrogen) atoms. The van der Waals surface area contributed by atoms with Crippen LogP contribution in [0.1, 0.15) is 15.9 Å². The number of aryl methyl sites for hydroxylation is 1. The van der Waals surface area contributed by atoms with Crippen molar-refractivity contribution in [1.29, 1.82) is 0 Å². The zero-order chi connectivity index (χ0) is 15.3. The first kappa shape index (κ1) is 15.3. The van der Waals surface area contributed by atoms with Crippen molar-refractivity contribution in [2.45, 2.75) is 11.8 Å². The molecule has 0 amide bonds. The highest BCUT2D eigenvalue weighted by Gasteiger charge is 2.15. The molecular weight excluding hydrogens is 288 g/mol. The Morgan fingerprint density at radius 1 is 1.00 bits per heavy atom. The molecule has 2 aromatic carbocycles. The molecule has 0 heterocycles. The van der Waals surface area contributed by atoms with E-state index in [0.717, 1.165) is 5.56 Å². The van der Waals surface area contributed by atoms with Crippen LogP contribution in [0.2, 0.25) is 0 Å². The Morgan fingerprint density at radius 2 is 1.62 bits per heavy atom. The van der Waals surface area contributed by atoms with Crippen molar-refractivity contribution in [2.75, 3.05) is 12.4 Å². The van der Waals surface area contributed by atoms with Crippen LogP contribution >= 0.6 is 0 Å². The summed E-state index contributed by atoms with van der Waals surface area (Å²) in [6, 6.07) is 15.1. The summed E-state index contributed by atoms with van der Waals surface area (Å²) in [4.78, 5) is 11.9. The van der Waals surface area contributed by atoms with E-state index in [1.165, 1.54) is 0 Å². The standard InChI is InChI=1S/C16H16O4S/c1-13-7-9-15(10-8-13)21(18,19)12-11-20-16(17)14-5-3-2-4-6-14/h2-10H,11-12H2,1H3. The second-order valence-electron chi connectivity index (χ2n) is 4.63. The van der Waals surface area contributed by atoms with Crippen LogP contribution < -0.4 is 0 Å². The van der Waals surface area contributed by atoms with Gasteiger partial charge in [0.15, 0.2) is 9.84 Å². The first-order valence-electron chi connectivity index (χ1n) is 6.51. The lowest BCUT2D eigenvalue weighted by Gasteiger charge is -2.06. The summed E-state index contributed by atoms with van der Waals surface area (Å²) in [5, 5.41) is 0. The summed E-state index contributed by atoms with van der Waals surface area (Å²) in [5.74, 6) is -0.746. The lowest BCUT2D eigenvalue weighted by Crippen LogP contribution is -2.15. The van der Waals surface area contributed by atoms with E-state index in [4.69, 9.17) is 4.74 Å². The Morgan fingerprint density at radius 3 is 2.24 bits per heavy atom. The van der Waals surface area contributed by atoms with Gasteiger partial charge in [-0.3, -0.25) is 0 Å². The summed E-state index contributed by atoms with van der Waals surface area (Å²) in [6.45, 7) is 1.72. The van der Waals surface area contributed by atoms with E-state index < -0.39 is 15.8 Å². The van der Waals surface area contributed by atoms with E-state index in [-0.39, 0.29) is 17.3 Å². The molecule has 0 atom stereocenters. The van der Waals surface area contributed by atoms with E-state index >= 15 is 0 Å². The van der Waals surface area contributed by atoms with Crippen molar-refractivity contribution in [3.05, 3.63) is 65.7 Å². The van der Waals surface area contributed by atoms with Crippen LogP contribution in [-0.2, 0) is 14.6 Å². The van der Waals surface area contributed by atoms with E-state index in [1.54, 1.807) is 54.6 Å². The Bertz CT molecular complexity index is 704. The van der Waals surface area contributed by atoms with Crippen LogP contribution in [0.4, 0.5) is 0 Å². The molecule has 0 fully saturated rings. The minimum absolute atomic E-state index is 0.163. The molecule has 0 bridgehead atoms. The summed E-state index contributed by atoms with van der Waals surface area (Å²) in [5.41, 5.74) is 1.40. The van der Waals surface area contributed by atoms with E-state index in [9.17, 15) is 13.2 Å². The largest absolute Gasteiger partial charge is 0.461 e. The third-order valence-corrected chi connectivity index (χ3v) is 4.67. The van der Waals surface area contributed by atoms with Crippen molar-refractivity contribution in [2.24, 2.45) is 0 Å². The first-order valence-corrected chi connectivity index (χ1v) is 8.16. The van der Waals surface area contributed by atoms with Crippen LogP contribution in [0.3, 0.4) is 0 Å². The van der Waals surface area contributed by atoms with Gasteiger partial charge >= 0.3 is 5.97 Å². The van der Waals surface area contributed by atoms with Gasteiger partial charge in [-0.05, 0) is 31.2 Å². The molecule has 0 radical (unpaired) electrons. The third-order valence-electron chi connectivity index (χ3n) is 2.97. The quantitative estimate of drug-likeness (QED) is 0.797. The summed E-state index contributed by atoms with van der Waals surface area (Å²) in [6.07, 6.45) is 0. The van der Waals surface area contributed by atoms with Gasteiger partial charge in [-0.1, -0.05) is 35.9 Å². The van der Waals surface area contributed by atoms with Gasteiger partial charge in [-0.25, -0.2) is 13.2 Å². The van der Waals surface area contributed by atoms with Gasteiger partial charge in [-0.2, -0.15) is 0 Å². The molecule has 0 aliphatic rings. The van der Waals surface area contributed by atoms with Crippen molar-refractivity contribution < 1.29 is 17.9 Å². The average Bonchev–Trinajstić information content (AvgIpc) is 2.48. The number of ether oxygens (including phenoxy) is 1. The molecule has 0 saturated heterocycles. The number of hydrogen-bond acceptors (Lipinski definition) is 4. The molecule has 0 unspecified atom stereocenters. The van der Waals surface area contributed by atoms with Crippen LogP contribution in [0, 0.1) is 6.92 Å². The monoisotopic (exact) mass is 304 g/mol. The summed E-state index contributed by atoms with van der Waals surface area (Å²) >= 11 is 0. The second-order valence-corrected chi connectivity index (χ2v) is 6.74. The number of hydrogen-bond donors (Lipinski definition) is 0. The first-order chi connectivity index (χ1) is 9.99. The summed E-state index contributed by atoms with van der Waals surface area (Å²) < 4.78 is 29.1. The van der Waals surface area contributed by atoms with Crippen LogP contribution in [0.5, 0.6) is 0 Å².